The number of pyridine rings is 1. The number of aliphatic carboxylic acids is 1. The molecule has 20 heavy (non-hydrogen) atoms. The number of amides is 2. The smallest absolute Gasteiger partial charge is 0.315 e. The Hall–Kier alpha value is -2.11. The summed E-state index contributed by atoms with van der Waals surface area (Å²) in [5.41, 5.74) is 1.87. The molecule has 0 radical (unpaired) electrons. The van der Waals surface area contributed by atoms with Crippen molar-refractivity contribution < 1.29 is 14.7 Å². The molecular weight excluding hydrogens is 258 g/mol. The van der Waals surface area contributed by atoms with E-state index >= 15 is 0 Å². The van der Waals surface area contributed by atoms with Crippen molar-refractivity contribution in [3.8, 4) is 0 Å². The highest BCUT2D eigenvalue weighted by atomic mass is 16.4. The van der Waals surface area contributed by atoms with Crippen LogP contribution in [0.25, 0.3) is 0 Å². The fourth-order valence-electron chi connectivity index (χ4n) is 1.58. The molecule has 1 unspecified atom stereocenters. The molecule has 6 nitrogen and oxygen atoms in total. The molecule has 6 heteroatoms. The largest absolute Gasteiger partial charge is 0.481 e. The molecule has 3 N–H and O–H groups in total. The fourth-order valence-corrected chi connectivity index (χ4v) is 1.58. The monoisotopic (exact) mass is 279 g/mol. The molecule has 0 aliphatic rings. The number of nitrogens with zero attached hydrogens (tertiary/aromatic N) is 1. The molecule has 0 saturated carbocycles. The second-order valence-corrected chi connectivity index (χ2v) is 4.80. The van der Waals surface area contributed by atoms with Gasteiger partial charge >= 0.3 is 12.0 Å². The first-order valence-electron chi connectivity index (χ1n) is 6.65. The van der Waals surface area contributed by atoms with Gasteiger partial charge in [-0.25, -0.2) is 4.79 Å². The lowest BCUT2D eigenvalue weighted by Crippen LogP contribution is -2.35. The van der Waals surface area contributed by atoms with E-state index in [1.54, 1.807) is 13.1 Å². The zero-order chi connectivity index (χ0) is 15.0. The van der Waals surface area contributed by atoms with Crippen LogP contribution in [0.4, 0.5) is 4.79 Å². The number of nitrogens with one attached hydrogen (secondary N) is 2. The molecule has 1 rings (SSSR count). The Morgan fingerprint density at radius 1 is 1.35 bits per heavy atom. The Kier molecular flexibility index (Phi) is 6.49. The number of carbonyl (C=O) groups is 2. The number of carbonyl (C=O) groups excluding carboxylic acids is 1. The van der Waals surface area contributed by atoms with Crippen LogP contribution in [0.2, 0.25) is 0 Å². The first-order chi connectivity index (χ1) is 9.49. The van der Waals surface area contributed by atoms with Gasteiger partial charge in [-0.3, -0.25) is 9.78 Å². The molecule has 0 aliphatic heterocycles. The Morgan fingerprint density at radius 2 is 2.10 bits per heavy atom. The third kappa shape index (κ3) is 6.17. The standard InChI is InChI=1S/C14H21N3O3/c1-10(13(18)19)4-3-7-15-14(20)17-9-12-6-5-11(2)16-8-12/h5-6,8,10H,3-4,7,9H2,1-2H3,(H,18,19)(H2,15,17,20). The highest BCUT2D eigenvalue weighted by molar-refractivity contribution is 5.73. The summed E-state index contributed by atoms with van der Waals surface area (Å²) >= 11 is 0. The lowest BCUT2D eigenvalue weighted by molar-refractivity contribution is -0.141. The fraction of sp³-hybridized carbons (Fsp3) is 0.500. The summed E-state index contributed by atoms with van der Waals surface area (Å²) in [6.45, 7) is 4.45. The van der Waals surface area contributed by atoms with Gasteiger partial charge in [0.1, 0.15) is 0 Å². The number of hydrogen-bond acceptors (Lipinski definition) is 3. The highest BCUT2D eigenvalue weighted by Gasteiger charge is 2.09. The van der Waals surface area contributed by atoms with Crippen LogP contribution < -0.4 is 10.6 Å². The van der Waals surface area contributed by atoms with Crippen molar-refractivity contribution in [3.05, 3.63) is 29.6 Å². The molecule has 1 heterocycles. The van der Waals surface area contributed by atoms with Gasteiger partial charge in [0, 0.05) is 25.0 Å². The van der Waals surface area contributed by atoms with Crippen molar-refractivity contribution in [2.75, 3.05) is 6.54 Å². The number of aryl methyl sites for hydroxylation is 1. The van der Waals surface area contributed by atoms with Crippen molar-refractivity contribution >= 4 is 12.0 Å². The summed E-state index contributed by atoms with van der Waals surface area (Å²) in [7, 11) is 0. The van der Waals surface area contributed by atoms with Crippen LogP contribution >= 0.6 is 0 Å². The average Bonchev–Trinajstić information content (AvgIpc) is 2.42. The maximum absolute atomic E-state index is 11.5. The Morgan fingerprint density at radius 3 is 2.70 bits per heavy atom. The van der Waals surface area contributed by atoms with E-state index in [1.807, 2.05) is 19.1 Å². The van der Waals surface area contributed by atoms with Gasteiger partial charge < -0.3 is 15.7 Å². The second-order valence-electron chi connectivity index (χ2n) is 4.80. The van der Waals surface area contributed by atoms with Gasteiger partial charge in [0.15, 0.2) is 0 Å². The predicted molar refractivity (Wildman–Crippen MR) is 75.2 cm³/mol. The molecule has 0 aromatic carbocycles. The molecule has 110 valence electrons. The van der Waals surface area contributed by atoms with Crippen LogP contribution in [0.1, 0.15) is 31.0 Å². The molecule has 2 amide bonds. The Labute approximate surface area is 118 Å². The molecule has 0 bridgehead atoms. The number of rotatable bonds is 7. The van der Waals surface area contributed by atoms with Crippen molar-refractivity contribution in [2.45, 2.75) is 33.2 Å². The molecule has 1 atom stereocenters. The van der Waals surface area contributed by atoms with E-state index in [0.717, 1.165) is 11.3 Å². The molecule has 0 aliphatic carbocycles. The van der Waals surface area contributed by atoms with E-state index in [0.29, 0.717) is 25.9 Å². The molecule has 0 fully saturated rings. The molecule has 0 saturated heterocycles. The summed E-state index contributed by atoms with van der Waals surface area (Å²) in [5.74, 6) is -1.18. The van der Waals surface area contributed by atoms with Crippen LogP contribution in [0.3, 0.4) is 0 Å². The van der Waals surface area contributed by atoms with Crippen LogP contribution in [0.5, 0.6) is 0 Å². The molecular formula is C14H21N3O3. The van der Waals surface area contributed by atoms with E-state index in [4.69, 9.17) is 5.11 Å². The van der Waals surface area contributed by atoms with Gasteiger partial charge in [0.2, 0.25) is 0 Å². The van der Waals surface area contributed by atoms with E-state index < -0.39 is 5.97 Å². The van der Waals surface area contributed by atoms with Crippen molar-refractivity contribution in [1.29, 1.82) is 0 Å². The first kappa shape index (κ1) is 15.9. The topological polar surface area (TPSA) is 91.3 Å². The van der Waals surface area contributed by atoms with E-state index in [-0.39, 0.29) is 11.9 Å². The van der Waals surface area contributed by atoms with Crippen LogP contribution in [0, 0.1) is 12.8 Å². The molecule has 1 aromatic rings. The number of aromatic nitrogens is 1. The average molecular weight is 279 g/mol. The van der Waals surface area contributed by atoms with Crippen LogP contribution in [-0.4, -0.2) is 28.6 Å². The van der Waals surface area contributed by atoms with Gasteiger partial charge in [-0.15, -0.1) is 0 Å². The van der Waals surface area contributed by atoms with Gasteiger partial charge in [-0.1, -0.05) is 13.0 Å². The number of carboxylic acid groups (broad SMARTS) is 1. The number of urea groups is 1. The number of carboxylic acids is 1. The minimum atomic E-state index is -0.804. The van der Waals surface area contributed by atoms with Gasteiger partial charge in [0.05, 0.1) is 5.92 Å². The number of hydrogen-bond donors (Lipinski definition) is 3. The first-order valence-corrected chi connectivity index (χ1v) is 6.65. The second kappa shape index (κ2) is 8.14. The zero-order valence-electron chi connectivity index (χ0n) is 11.8. The van der Waals surface area contributed by atoms with Crippen molar-refractivity contribution in [2.24, 2.45) is 5.92 Å². The Bertz CT molecular complexity index is 445. The quantitative estimate of drug-likeness (QED) is 0.662. The SMILES string of the molecule is Cc1ccc(CNC(=O)NCCCC(C)C(=O)O)cn1. The van der Waals surface area contributed by atoms with Crippen molar-refractivity contribution in [1.82, 2.24) is 15.6 Å². The zero-order valence-corrected chi connectivity index (χ0v) is 11.8. The molecule has 0 spiro atoms. The summed E-state index contributed by atoms with van der Waals surface area (Å²) in [6, 6.07) is 3.55. The summed E-state index contributed by atoms with van der Waals surface area (Å²) in [6.07, 6.45) is 2.93. The summed E-state index contributed by atoms with van der Waals surface area (Å²) in [5, 5.41) is 14.1. The Balaban J connectivity index is 2.14. The third-order valence-corrected chi connectivity index (χ3v) is 2.95. The van der Waals surface area contributed by atoms with E-state index in [1.165, 1.54) is 0 Å². The third-order valence-electron chi connectivity index (χ3n) is 2.95. The normalized spacial score (nSPS) is 11.7. The maximum atomic E-state index is 11.5. The minimum absolute atomic E-state index is 0.256. The lowest BCUT2D eigenvalue weighted by atomic mass is 10.1. The van der Waals surface area contributed by atoms with Gasteiger partial charge in [0.25, 0.3) is 0 Å². The van der Waals surface area contributed by atoms with Crippen LogP contribution in [0.15, 0.2) is 18.3 Å². The van der Waals surface area contributed by atoms with E-state index in [2.05, 4.69) is 15.6 Å². The minimum Gasteiger partial charge on any atom is -0.481 e. The van der Waals surface area contributed by atoms with E-state index in [9.17, 15) is 9.59 Å². The van der Waals surface area contributed by atoms with Gasteiger partial charge in [-0.05, 0) is 31.4 Å². The summed E-state index contributed by atoms with van der Waals surface area (Å²) in [4.78, 5) is 26.2. The summed E-state index contributed by atoms with van der Waals surface area (Å²) < 4.78 is 0. The predicted octanol–water partition coefficient (Wildman–Crippen LogP) is 1.69. The van der Waals surface area contributed by atoms with Gasteiger partial charge in [-0.2, -0.15) is 0 Å². The maximum Gasteiger partial charge on any atom is 0.315 e. The molecule has 1 aromatic heterocycles. The van der Waals surface area contributed by atoms with Crippen molar-refractivity contribution in [3.63, 3.8) is 0 Å². The van der Waals surface area contributed by atoms with Crippen LogP contribution in [-0.2, 0) is 11.3 Å². The highest BCUT2D eigenvalue weighted by Crippen LogP contribution is 2.04. The lowest BCUT2D eigenvalue weighted by Gasteiger charge is -2.09.